The number of phenolic OH excluding ortho intramolecular Hbond substituents is 1. The Kier molecular flexibility index (Phi) is 10.3. The summed E-state index contributed by atoms with van der Waals surface area (Å²) < 4.78 is 67.7. The summed E-state index contributed by atoms with van der Waals surface area (Å²) >= 11 is 18.5. The zero-order valence-electron chi connectivity index (χ0n) is 24.8. The fourth-order valence-corrected chi connectivity index (χ4v) is 7.49. The Morgan fingerprint density at radius 1 is 1.12 bits per heavy atom. The molecular weight excluding hydrogens is 744 g/mol. The maximum atomic E-state index is 14.2. The van der Waals surface area contributed by atoms with Crippen LogP contribution in [0.4, 0.5) is 32.4 Å². The third-order valence-electron chi connectivity index (χ3n) is 7.86. The van der Waals surface area contributed by atoms with E-state index in [2.05, 4.69) is 0 Å². The molecule has 3 aromatic rings. The number of fused-ring (bicyclic) bond motifs is 1. The molecule has 260 valence electrons. The first-order valence-electron chi connectivity index (χ1n) is 14.2. The predicted octanol–water partition coefficient (Wildman–Crippen LogP) is 7.12. The molecule has 1 saturated heterocycles. The summed E-state index contributed by atoms with van der Waals surface area (Å²) in [5, 5.41) is 26.1. The number of hydrogen-bond acceptors (Lipinski definition) is 7. The van der Waals surface area contributed by atoms with Crippen LogP contribution in [0, 0.1) is 11.3 Å². The molecule has 1 aromatic heterocycles. The molecule has 2 aliphatic rings. The van der Waals surface area contributed by atoms with E-state index in [-0.39, 0.29) is 69.1 Å². The quantitative estimate of drug-likeness (QED) is 0.164. The van der Waals surface area contributed by atoms with Gasteiger partial charge in [-0.05, 0) is 59.0 Å². The number of aliphatic hydroxyl groups is 1. The molecule has 3 N–H and O–H groups in total. The Labute approximate surface area is 293 Å². The summed E-state index contributed by atoms with van der Waals surface area (Å²) in [4.78, 5) is 44.8. The fraction of sp³-hybridized carbons (Fsp3) is 0.333. The van der Waals surface area contributed by atoms with Gasteiger partial charge in [0.1, 0.15) is 23.6 Å². The number of benzene rings is 2. The van der Waals surface area contributed by atoms with Crippen molar-refractivity contribution in [3.63, 3.8) is 0 Å². The van der Waals surface area contributed by atoms with Crippen LogP contribution in [0.5, 0.6) is 5.75 Å². The van der Waals surface area contributed by atoms with E-state index in [1.54, 1.807) is 0 Å². The standard InChI is InChI=1S/C30H23Cl3F5N5O5S/c31-17-3-2-14(12-44)24(32)25(17)49-21-10-22(30(33,37)38)40-26(46)23(21)27(47)43-11-15-8-19(20(45)9-16(15)18(43)4-5-39)42-7-1-6-41(28(42)48)13-29(34,35)36/h2-3,8-10,18,44-45H,1,4,6-7,11-13H2,(H,40,46)/t18-/m1/s1. The highest BCUT2D eigenvalue weighted by atomic mass is 35.5. The number of hydrogen-bond donors (Lipinski definition) is 3. The summed E-state index contributed by atoms with van der Waals surface area (Å²) in [6.45, 7) is -2.49. The van der Waals surface area contributed by atoms with Gasteiger partial charge in [-0.1, -0.05) is 41.0 Å². The van der Waals surface area contributed by atoms with E-state index in [1.807, 2.05) is 11.1 Å². The number of halogens is 8. The second kappa shape index (κ2) is 13.9. The Bertz CT molecular complexity index is 1930. The maximum Gasteiger partial charge on any atom is 0.406 e. The van der Waals surface area contributed by atoms with Gasteiger partial charge in [-0.25, -0.2) is 4.79 Å². The summed E-state index contributed by atoms with van der Waals surface area (Å²) in [6.07, 6.45) is -4.85. The summed E-state index contributed by atoms with van der Waals surface area (Å²) in [5.74, 6) is -1.53. The van der Waals surface area contributed by atoms with Crippen molar-refractivity contribution in [1.82, 2.24) is 14.8 Å². The molecule has 49 heavy (non-hydrogen) atoms. The first-order chi connectivity index (χ1) is 22.9. The number of phenols is 1. The number of anilines is 1. The van der Waals surface area contributed by atoms with Crippen molar-refractivity contribution in [3.8, 4) is 11.8 Å². The van der Waals surface area contributed by atoms with Gasteiger partial charge >= 0.3 is 17.6 Å². The third kappa shape index (κ3) is 7.41. The minimum Gasteiger partial charge on any atom is -0.506 e. The molecule has 3 heterocycles. The second-order valence-electron chi connectivity index (χ2n) is 11.0. The molecule has 10 nitrogen and oxygen atoms in total. The van der Waals surface area contributed by atoms with Crippen LogP contribution in [-0.2, 0) is 18.5 Å². The average Bonchev–Trinajstić information content (AvgIpc) is 3.35. The van der Waals surface area contributed by atoms with E-state index >= 15 is 0 Å². The van der Waals surface area contributed by atoms with Crippen molar-refractivity contribution >= 4 is 64.2 Å². The lowest BCUT2D eigenvalue weighted by molar-refractivity contribution is -0.140. The number of carbonyl (C=O) groups is 2. The van der Waals surface area contributed by atoms with Crippen LogP contribution >= 0.6 is 46.6 Å². The lowest BCUT2D eigenvalue weighted by Crippen LogP contribution is -2.52. The number of aromatic amines is 1. The minimum absolute atomic E-state index is 0.00469. The molecule has 0 unspecified atom stereocenters. The number of amides is 3. The van der Waals surface area contributed by atoms with Crippen LogP contribution in [0.25, 0.3) is 0 Å². The number of urea groups is 1. The highest BCUT2D eigenvalue weighted by molar-refractivity contribution is 7.99. The average molecular weight is 767 g/mol. The van der Waals surface area contributed by atoms with Gasteiger partial charge in [-0.2, -0.15) is 27.2 Å². The van der Waals surface area contributed by atoms with Gasteiger partial charge < -0.3 is 25.0 Å². The van der Waals surface area contributed by atoms with Crippen molar-refractivity contribution < 1.29 is 41.8 Å². The SMILES string of the molecule is N#CC[C@@H]1c2cc(O)c(N3CCCN(CC(F)(F)F)C3=O)cc2CN1C(=O)c1c(Sc2c(Cl)ccc(CO)c2Cl)cc(C(F)(F)Cl)[nH]c1=O. The molecule has 3 amide bonds. The number of aromatic nitrogens is 1. The van der Waals surface area contributed by atoms with Gasteiger partial charge in [0.25, 0.3) is 11.5 Å². The first kappa shape index (κ1) is 36.5. The summed E-state index contributed by atoms with van der Waals surface area (Å²) in [6, 6.07) is 5.90. The molecular formula is C30H23Cl3F5N5O5S. The van der Waals surface area contributed by atoms with E-state index in [4.69, 9.17) is 34.8 Å². The van der Waals surface area contributed by atoms with Crippen LogP contribution in [0.15, 0.2) is 44.9 Å². The molecule has 0 spiro atoms. The molecule has 2 aliphatic heterocycles. The number of nitrogens with one attached hydrogen (secondary N) is 1. The van der Waals surface area contributed by atoms with E-state index in [9.17, 15) is 51.8 Å². The molecule has 0 bridgehead atoms. The van der Waals surface area contributed by atoms with Gasteiger partial charge in [0.15, 0.2) is 0 Å². The van der Waals surface area contributed by atoms with Crippen molar-refractivity contribution in [2.45, 2.75) is 53.4 Å². The lowest BCUT2D eigenvalue weighted by atomic mass is 10.0. The smallest absolute Gasteiger partial charge is 0.406 e. The van der Waals surface area contributed by atoms with Crippen LogP contribution in [0.3, 0.4) is 0 Å². The summed E-state index contributed by atoms with van der Waals surface area (Å²) in [5.41, 5.74) is -2.33. The van der Waals surface area contributed by atoms with E-state index in [0.29, 0.717) is 22.2 Å². The van der Waals surface area contributed by atoms with E-state index < -0.39 is 65.3 Å². The van der Waals surface area contributed by atoms with Gasteiger partial charge in [0, 0.05) is 29.4 Å². The number of rotatable bonds is 8. The lowest BCUT2D eigenvalue weighted by Gasteiger charge is -2.36. The Balaban J connectivity index is 1.56. The summed E-state index contributed by atoms with van der Waals surface area (Å²) in [7, 11) is 0. The topological polar surface area (TPSA) is 141 Å². The van der Waals surface area contributed by atoms with E-state index in [0.717, 1.165) is 15.9 Å². The molecule has 0 saturated carbocycles. The molecule has 0 aliphatic carbocycles. The van der Waals surface area contributed by atoms with Crippen molar-refractivity contribution in [3.05, 3.63) is 78.7 Å². The number of H-pyrrole nitrogens is 1. The molecule has 5 rings (SSSR count). The third-order valence-corrected chi connectivity index (χ3v) is 10.2. The number of aromatic hydroxyl groups is 1. The van der Waals surface area contributed by atoms with Crippen molar-refractivity contribution in [2.75, 3.05) is 24.5 Å². The van der Waals surface area contributed by atoms with Crippen LogP contribution in [0.1, 0.15) is 51.6 Å². The van der Waals surface area contributed by atoms with Gasteiger partial charge in [-0.3, -0.25) is 14.5 Å². The van der Waals surface area contributed by atoms with Gasteiger partial charge in [-0.15, -0.1) is 0 Å². The number of carbonyl (C=O) groups excluding carboxylic acids is 2. The maximum absolute atomic E-state index is 14.2. The zero-order chi connectivity index (χ0) is 36.0. The number of nitrogens with zero attached hydrogens (tertiary/aromatic N) is 4. The Hall–Kier alpha value is -3.75. The van der Waals surface area contributed by atoms with Crippen LogP contribution in [-0.4, -0.2) is 62.7 Å². The Morgan fingerprint density at radius 3 is 2.47 bits per heavy atom. The van der Waals surface area contributed by atoms with Crippen molar-refractivity contribution in [2.24, 2.45) is 0 Å². The molecule has 0 radical (unpaired) electrons. The number of alkyl halides is 6. The van der Waals surface area contributed by atoms with Crippen LogP contribution in [0.2, 0.25) is 10.0 Å². The Morgan fingerprint density at radius 2 is 1.84 bits per heavy atom. The van der Waals surface area contributed by atoms with Crippen molar-refractivity contribution in [1.29, 1.82) is 5.26 Å². The molecule has 1 fully saturated rings. The van der Waals surface area contributed by atoms with E-state index in [1.165, 1.54) is 24.3 Å². The fourth-order valence-electron chi connectivity index (χ4n) is 5.66. The normalized spacial score (nSPS) is 16.6. The highest BCUT2D eigenvalue weighted by Crippen LogP contribution is 2.46. The second-order valence-corrected chi connectivity index (χ2v) is 13.3. The monoisotopic (exact) mass is 765 g/mol. The highest BCUT2D eigenvalue weighted by Gasteiger charge is 2.41. The van der Waals surface area contributed by atoms with Crippen LogP contribution < -0.4 is 10.5 Å². The minimum atomic E-state index is -4.66. The largest absolute Gasteiger partial charge is 0.506 e. The number of aliphatic hydroxyl groups excluding tert-OH is 1. The molecule has 19 heteroatoms. The number of pyridine rings is 1. The van der Waals surface area contributed by atoms with Gasteiger partial charge in [0.05, 0.1) is 40.9 Å². The van der Waals surface area contributed by atoms with Gasteiger partial charge in [0.2, 0.25) is 0 Å². The number of nitriles is 1. The predicted molar refractivity (Wildman–Crippen MR) is 169 cm³/mol. The first-order valence-corrected chi connectivity index (χ1v) is 16.2. The molecule has 2 aromatic carbocycles. The molecule has 1 atom stereocenters. The zero-order valence-corrected chi connectivity index (χ0v) is 27.8.